The summed E-state index contributed by atoms with van der Waals surface area (Å²) in [4.78, 5) is 31.8. The number of nitrogens with zero attached hydrogens (tertiary/aromatic N) is 2. The minimum atomic E-state index is -2.41. The molecule has 2 aliphatic rings. The molecule has 0 aromatic heterocycles. The summed E-state index contributed by atoms with van der Waals surface area (Å²) in [6.45, 7) is 28.0. The number of ether oxygens (including phenoxy) is 3. The number of esters is 1. The smallest absolute Gasteiger partial charge is 0.126 e. The van der Waals surface area contributed by atoms with Crippen LogP contribution in [0.1, 0.15) is 179 Å². The van der Waals surface area contributed by atoms with Crippen molar-refractivity contribution in [1.82, 2.24) is 9.80 Å². The number of amides is 1. The minimum absolute atomic E-state index is 0.132. The number of benzene rings is 3. The Labute approximate surface area is 466 Å². The maximum absolute atomic E-state index is 14.4. The Morgan fingerprint density at radius 3 is 1.62 bits per heavy atom. The molecule has 2 saturated heterocycles. The number of aliphatic hydroxyl groups excluding tert-OH is 2. The fraction of sp³-hybridized carbons (Fsp3) is 0.692. The molecule has 11 nitrogen and oxygen atoms in total. The van der Waals surface area contributed by atoms with Crippen LogP contribution in [0.5, 0.6) is 0 Å². The Hall–Kier alpha value is -3.25. The maximum Gasteiger partial charge on any atom is 0.126 e. The summed E-state index contributed by atoms with van der Waals surface area (Å²) in [5.41, 5.74) is 4.59. The first-order chi connectivity index (χ1) is 36.1. The van der Waals surface area contributed by atoms with Crippen LogP contribution in [0.3, 0.4) is 0 Å². The largest absolute Gasteiger partial charge is 0.388 e. The van der Waals surface area contributed by atoms with E-state index in [1.54, 1.807) is 32.6 Å². The van der Waals surface area contributed by atoms with Crippen LogP contribution in [0.15, 0.2) is 54.6 Å². The monoisotopic (exact) mass is 1090 g/mol. The summed E-state index contributed by atoms with van der Waals surface area (Å²) in [6, 6.07) is 20.7. The zero-order chi connectivity index (χ0) is 57.2. The van der Waals surface area contributed by atoms with Crippen molar-refractivity contribution in [3.05, 3.63) is 88.0 Å². The van der Waals surface area contributed by atoms with Gasteiger partial charge in [-0.05, 0) is 79.3 Å². The van der Waals surface area contributed by atoms with Crippen molar-refractivity contribution in [1.29, 1.82) is 0 Å². The minimum Gasteiger partial charge on any atom is -0.388 e. The van der Waals surface area contributed by atoms with Gasteiger partial charge in [-0.1, -0.05) is 27.7 Å². The molecule has 0 radical (unpaired) electrons. The van der Waals surface area contributed by atoms with E-state index in [0.717, 1.165) is 31.8 Å². The molecule has 0 saturated carbocycles. The molecule has 13 atom stereocenters. The number of cyclic esters (lactones) is 1. The van der Waals surface area contributed by atoms with Gasteiger partial charge in [0.2, 0.25) is 0 Å². The van der Waals surface area contributed by atoms with Crippen molar-refractivity contribution in [2.45, 2.75) is 247 Å². The predicted molar refractivity (Wildman–Crippen MR) is 319 cm³/mol. The van der Waals surface area contributed by atoms with Gasteiger partial charge in [-0.2, -0.15) is 0 Å². The topological polar surface area (TPSA) is 149 Å². The molecular weight excluding hydrogens is 984 g/mol. The van der Waals surface area contributed by atoms with E-state index in [0.29, 0.717) is 12.8 Å². The van der Waals surface area contributed by atoms with Gasteiger partial charge in [0.1, 0.15) is 23.9 Å². The van der Waals surface area contributed by atoms with Crippen LogP contribution >= 0.6 is 7.26 Å². The normalized spacial score (nSPS) is 30.4. The maximum atomic E-state index is 14.4. The van der Waals surface area contributed by atoms with E-state index in [2.05, 4.69) is 96.1 Å². The summed E-state index contributed by atoms with van der Waals surface area (Å²) >= 11 is 0. The first kappa shape index (κ1) is 64.6. The average molecular weight is 1090 g/mol. The van der Waals surface area contributed by atoms with E-state index in [1.165, 1.54) is 81.9 Å². The quantitative estimate of drug-likeness (QED) is 0.0519. The number of hydrogen-bond acceptors (Lipinski definition) is 10. The molecule has 0 unspecified atom stereocenters. The molecule has 0 aliphatic carbocycles. The number of carbonyl (C=O) groups is 2. The molecule has 4 N–H and O–H groups in total. The van der Waals surface area contributed by atoms with Gasteiger partial charge in [0.05, 0.1) is 29.8 Å². The van der Waals surface area contributed by atoms with Gasteiger partial charge >= 0.3 is 235 Å². The number of aryl methyl sites for hydroxylation is 6. The number of rotatable bonds is 19. The Balaban J connectivity index is 1.23. The van der Waals surface area contributed by atoms with E-state index >= 15 is 0 Å². The van der Waals surface area contributed by atoms with Crippen molar-refractivity contribution in [2.75, 3.05) is 26.8 Å². The number of aliphatic hydroxyl groups is 4. The van der Waals surface area contributed by atoms with Crippen molar-refractivity contribution in [3.8, 4) is 0 Å². The third kappa shape index (κ3) is 16.9. The van der Waals surface area contributed by atoms with Crippen LogP contribution in [0.2, 0.25) is 0 Å². The van der Waals surface area contributed by atoms with Crippen LogP contribution in [0.4, 0.5) is 0 Å². The first-order valence-corrected chi connectivity index (χ1v) is 31.9. The molecule has 1 amide bonds. The van der Waals surface area contributed by atoms with Crippen molar-refractivity contribution in [2.24, 2.45) is 17.8 Å². The molecule has 0 bridgehead atoms. The molecular formula is C65H105N2O9P. The zero-order valence-electron chi connectivity index (χ0n) is 50.6. The number of likely N-dealkylation sites (N-methyl/N-ethyl adjacent to an activating group) is 1. The van der Waals surface area contributed by atoms with Crippen LogP contribution in [-0.4, -0.2) is 129 Å². The number of carbonyl (C=O) groups excluding carboxylic acids is 2. The standard InChI is InChI=1S/C65H105N2O9P/c1-17-57-65(14,73)60(70)52(12)67(41-48(8)40-64(13,72)61(49(9)38-50(10)62(71)75-57)76-63-59(69)56(66(15)16)39-51(11)74-63)58(68)27-25-23-21-19-18-20-22-24-26-28-77(53-32-42(2)29-43(3)33-53,54-34-44(4)30-45(5)35-54)55-36-46(6)31-47(7)37-55/h29-37,48-52,56-57,59-61,63,69-70,72-73,77H,17-28,38-41H2,1-16H3/t48-,49+,50-,51-,52-,56+,57-,59-,60-,61-,63+,64-,65-/m1/s1. The summed E-state index contributed by atoms with van der Waals surface area (Å²) in [5, 5.41) is 52.5. The van der Waals surface area contributed by atoms with Gasteiger partial charge in [-0.25, -0.2) is 0 Å². The molecule has 77 heavy (non-hydrogen) atoms. The number of hydrogen-bond donors (Lipinski definition) is 4. The Morgan fingerprint density at radius 2 is 1.17 bits per heavy atom. The van der Waals surface area contributed by atoms with E-state index in [-0.39, 0.29) is 56.2 Å². The Bertz CT molecular complexity index is 2180. The summed E-state index contributed by atoms with van der Waals surface area (Å²) in [7, 11) is 1.42. The Kier molecular flexibility index (Phi) is 23.9. The predicted octanol–water partition coefficient (Wildman–Crippen LogP) is 10.4. The second-order valence-corrected chi connectivity index (χ2v) is 29.5. The van der Waals surface area contributed by atoms with Crippen molar-refractivity contribution in [3.63, 3.8) is 0 Å². The van der Waals surface area contributed by atoms with Gasteiger partial charge in [0.25, 0.3) is 0 Å². The molecule has 3 aromatic carbocycles. The van der Waals surface area contributed by atoms with E-state index in [1.807, 2.05) is 39.8 Å². The third-order valence-electron chi connectivity index (χ3n) is 17.3. The van der Waals surface area contributed by atoms with Gasteiger partial charge in [0, 0.05) is 12.6 Å². The van der Waals surface area contributed by atoms with E-state index in [4.69, 9.17) is 14.2 Å². The molecule has 2 aliphatic heterocycles. The summed E-state index contributed by atoms with van der Waals surface area (Å²) in [6.07, 6.45) is 6.84. The van der Waals surface area contributed by atoms with E-state index < -0.39 is 73.0 Å². The average Bonchev–Trinajstić information content (AvgIpc) is 3.33. The van der Waals surface area contributed by atoms with Crippen LogP contribution in [0, 0.1) is 59.3 Å². The molecule has 5 rings (SSSR count). The van der Waals surface area contributed by atoms with Crippen LogP contribution in [0.25, 0.3) is 0 Å². The second kappa shape index (κ2) is 28.4. The summed E-state index contributed by atoms with van der Waals surface area (Å²) < 4.78 is 18.9. The SMILES string of the molecule is CC[C@H]1OC(=O)[C@H](C)C[C@H](C)[C@@H](O[C@@H]2O[C@H](C)C[C@H](N(C)C)[C@H]2O)[C@](C)(O)C[C@@H](C)CN(C(=O)CCCCCCCCCCC[PH](c2cc(C)cc(C)c2)(c2cc(C)cc(C)c2)c2cc(C)cc(C)c2)[C@H](C)[C@@H](O)[C@]1(C)O. The Morgan fingerprint density at radius 1 is 0.714 bits per heavy atom. The van der Waals surface area contributed by atoms with Crippen molar-refractivity contribution >= 4 is 35.1 Å². The van der Waals surface area contributed by atoms with E-state index in [9.17, 15) is 30.0 Å². The van der Waals surface area contributed by atoms with Gasteiger partial charge in [0.15, 0.2) is 6.29 Å². The summed E-state index contributed by atoms with van der Waals surface area (Å²) in [5.74, 6) is -1.99. The first-order valence-electron chi connectivity index (χ1n) is 29.7. The second-order valence-electron chi connectivity index (χ2n) is 25.4. The molecule has 0 spiro atoms. The van der Waals surface area contributed by atoms with Gasteiger partial charge in [-0.3, -0.25) is 9.59 Å². The zero-order valence-corrected chi connectivity index (χ0v) is 51.6. The van der Waals surface area contributed by atoms with Crippen molar-refractivity contribution < 1.29 is 44.2 Å². The molecule has 2 fully saturated rings. The fourth-order valence-corrected chi connectivity index (χ4v) is 19.0. The van der Waals surface area contributed by atoms with Gasteiger partial charge < -0.3 is 44.4 Å². The molecule has 434 valence electrons. The molecule has 12 heteroatoms. The molecule has 3 aromatic rings. The molecule has 2 heterocycles. The third-order valence-corrected chi connectivity index (χ3v) is 22.2. The van der Waals surface area contributed by atoms with Crippen LogP contribution in [-0.2, 0) is 23.8 Å². The fourth-order valence-electron chi connectivity index (χ4n) is 13.6. The van der Waals surface area contributed by atoms with Crippen LogP contribution < -0.4 is 15.9 Å². The number of unbranched alkanes of at least 4 members (excludes halogenated alkanes) is 8. The van der Waals surface area contributed by atoms with Gasteiger partial charge in [-0.15, -0.1) is 0 Å².